The van der Waals surface area contributed by atoms with E-state index in [1.165, 1.54) is 32.1 Å². The van der Waals surface area contributed by atoms with Crippen LogP contribution in [-0.4, -0.2) is 38.2 Å². The van der Waals surface area contributed by atoms with Crippen LogP contribution in [0.5, 0.6) is 0 Å². The van der Waals surface area contributed by atoms with Crippen molar-refractivity contribution in [2.24, 2.45) is 0 Å². The fourth-order valence-corrected chi connectivity index (χ4v) is 3.12. The summed E-state index contributed by atoms with van der Waals surface area (Å²) in [6.07, 6.45) is 8.16. The minimum absolute atomic E-state index is 0.00500. The lowest BCUT2D eigenvalue weighted by Crippen LogP contribution is -2.14. The average molecular weight is 498 g/mol. The van der Waals surface area contributed by atoms with Crippen LogP contribution in [0.15, 0.2) is 60.7 Å². The Morgan fingerprint density at radius 2 is 1.39 bits per heavy atom. The number of nitrogens with two attached hydrogens (primary N) is 1. The molecule has 0 fully saturated rings. The zero-order valence-corrected chi connectivity index (χ0v) is 21.5. The van der Waals surface area contributed by atoms with Gasteiger partial charge in [-0.2, -0.15) is 0 Å². The van der Waals surface area contributed by atoms with Crippen LogP contribution in [0.4, 0.5) is 5.69 Å². The summed E-state index contributed by atoms with van der Waals surface area (Å²) in [6.45, 7) is 8.35. The van der Waals surface area contributed by atoms with E-state index in [-0.39, 0.29) is 13.2 Å². The van der Waals surface area contributed by atoms with E-state index in [4.69, 9.17) is 15.2 Å². The van der Waals surface area contributed by atoms with E-state index in [1.54, 1.807) is 19.1 Å². The highest BCUT2D eigenvalue weighted by Gasteiger charge is 2.08. The van der Waals surface area contributed by atoms with E-state index in [2.05, 4.69) is 18.2 Å². The second-order valence-corrected chi connectivity index (χ2v) is 8.40. The molecule has 7 heteroatoms. The lowest BCUT2D eigenvalue weighted by atomic mass is 10.0. The fourth-order valence-electron chi connectivity index (χ4n) is 3.12. The summed E-state index contributed by atoms with van der Waals surface area (Å²) in [4.78, 5) is 32.8. The standard InChI is InChI=1S/C20H21NO4.C9H18O2/c1-14(2)19(22)24-11-12-25-20(23)17-7-3-15(4-8-17)13-16-5-9-18(21)10-6-16;1-2-3-4-5-6-7-8-11-9-10/h3-10H,1,11-13,21H2,2H3;9H,2-8H2,1H3. The van der Waals surface area contributed by atoms with Gasteiger partial charge in [-0.25, -0.2) is 9.59 Å². The number of anilines is 1. The molecule has 2 aromatic carbocycles. The van der Waals surface area contributed by atoms with E-state index >= 15 is 0 Å². The molecular formula is C29H39NO6. The summed E-state index contributed by atoms with van der Waals surface area (Å²) in [5.74, 6) is -0.950. The number of esters is 2. The smallest absolute Gasteiger partial charge is 0.338 e. The second-order valence-electron chi connectivity index (χ2n) is 8.40. The van der Waals surface area contributed by atoms with Crippen LogP contribution < -0.4 is 5.73 Å². The van der Waals surface area contributed by atoms with Gasteiger partial charge in [-0.3, -0.25) is 4.79 Å². The van der Waals surface area contributed by atoms with Gasteiger partial charge >= 0.3 is 11.9 Å². The van der Waals surface area contributed by atoms with Crippen LogP contribution in [0.25, 0.3) is 0 Å². The zero-order valence-electron chi connectivity index (χ0n) is 21.5. The molecule has 0 amide bonds. The molecule has 0 spiro atoms. The lowest BCUT2D eigenvalue weighted by molar-refractivity contribution is -0.140. The SMILES string of the molecule is C=C(C)C(=O)OCCOC(=O)c1ccc(Cc2ccc(N)cc2)cc1.CCCCCCCCOC=O. The maximum Gasteiger partial charge on any atom is 0.338 e. The van der Waals surface area contributed by atoms with Gasteiger partial charge in [-0.05, 0) is 55.2 Å². The van der Waals surface area contributed by atoms with Crippen molar-refractivity contribution in [3.8, 4) is 0 Å². The molecule has 0 unspecified atom stereocenters. The highest BCUT2D eigenvalue weighted by molar-refractivity contribution is 5.89. The van der Waals surface area contributed by atoms with Crippen LogP contribution in [-0.2, 0) is 30.2 Å². The molecule has 0 aliphatic heterocycles. The number of benzene rings is 2. The topological polar surface area (TPSA) is 105 Å². The number of carbonyl (C=O) groups excluding carboxylic acids is 3. The average Bonchev–Trinajstić information content (AvgIpc) is 2.88. The Bertz CT molecular complexity index is 922. The molecule has 0 saturated heterocycles. The molecule has 7 nitrogen and oxygen atoms in total. The van der Waals surface area contributed by atoms with Crippen LogP contribution in [0, 0.1) is 0 Å². The van der Waals surface area contributed by atoms with E-state index < -0.39 is 11.9 Å². The first kappa shape index (κ1) is 30.4. The lowest BCUT2D eigenvalue weighted by Gasteiger charge is -2.07. The van der Waals surface area contributed by atoms with Gasteiger partial charge in [0.05, 0.1) is 12.2 Å². The molecule has 0 saturated carbocycles. The maximum absolute atomic E-state index is 11.9. The van der Waals surface area contributed by atoms with Crippen LogP contribution in [0.3, 0.4) is 0 Å². The monoisotopic (exact) mass is 497 g/mol. The van der Waals surface area contributed by atoms with Gasteiger partial charge in [-0.15, -0.1) is 0 Å². The number of unbranched alkanes of at least 4 members (excludes halogenated alkanes) is 5. The third-order valence-corrected chi connectivity index (χ3v) is 5.16. The number of carbonyl (C=O) groups is 3. The van der Waals surface area contributed by atoms with Crippen molar-refractivity contribution >= 4 is 24.1 Å². The van der Waals surface area contributed by atoms with Gasteiger partial charge < -0.3 is 19.9 Å². The van der Waals surface area contributed by atoms with E-state index in [0.717, 1.165) is 29.7 Å². The molecule has 0 radical (unpaired) electrons. The Labute approximate surface area is 214 Å². The number of ether oxygens (including phenoxy) is 3. The number of hydrogen-bond acceptors (Lipinski definition) is 7. The van der Waals surface area contributed by atoms with Crippen molar-refractivity contribution in [1.82, 2.24) is 0 Å². The Morgan fingerprint density at radius 1 is 0.833 bits per heavy atom. The largest absolute Gasteiger partial charge is 0.468 e. The van der Waals surface area contributed by atoms with Crippen LogP contribution in [0.1, 0.15) is 73.9 Å². The second kappa shape index (κ2) is 18.7. The van der Waals surface area contributed by atoms with Gasteiger partial charge in [0.25, 0.3) is 6.47 Å². The molecular weight excluding hydrogens is 458 g/mol. The number of nitrogen functional groups attached to an aromatic ring is 1. The van der Waals surface area contributed by atoms with E-state index in [0.29, 0.717) is 24.2 Å². The van der Waals surface area contributed by atoms with Crippen molar-refractivity contribution in [3.63, 3.8) is 0 Å². The summed E-state index contributed by atoms with van der Waals surface area (Å²) in [7, 11) is 0. The zero-order chi connectivity index (χ0) is 26.6. The van der Waals surface area contributed by atoms with Crippen molar-refractivity contribution in [2.45, 2.75) is 58.8 Å². The van der Waals surface area contributed by atoms with Gasteiger partial charge in [0.2, 0.25) is 0 Å². The number of rotatable bonds is 15. The molecule has 2 rings (SSSR count). The molecule has 0 heterocycles. The van der Waals surface area contributed by atoms with Crippen molar-refractivity contribution in [3.05, 3.63) is 77.4 Å². The van der Waals surface area contributed by atoms with Gasteiger partial charge in [0.15, 0.2) is 0 Å². The first-order valence-electron chi connectivity index (χ1n) is 12.4. The van der Waals surface area contributed by atoms with E-state index in [9.17, 15) is 14.4 Å². The van der Waals surface area contributed by atoms with Crippen molar-refractivity contribution in [2.75, 3.05) is 25.6 Å². The molecule has 0 atom stereocenters. The Hall–Kier alpha value is -3.61. The molecule has 0 aliphatic rings. The predicted molar refractivity (Wildman–Crippen MR) is 142 cm³/mol. The number of hydrogen-bond donors (Lipinski definition) is 1. The van der Waals surface area contributed by atoms with Crippen molar-refractivity contribution < 1.29 is 28.6 Å². The molecule has 36 heavy (non-hydrogen) atoms. The summed E-state index contributed by atoms with van der Waals surface area (Å²) < 4.78 is 14.5. The normalized spacial score (nSPS) is 9.94. The minimum atomic E-state index is -0.497. The van der Waals surface area contributed by atoms with E-state index in [1.807, 2.05) is 36.4 Å². The molecule has 0 bridgehead atoms. The summed E-state index contributed by atoms with van der Waals surface area (Å²) in [6, 6.07) is 14.9. The Morgan fingerprint density at radius 3 is 1.97 bits per heavy atom. The van der Waals surface area contributed by atoms with Crippen LogP contribution in [0.2, 0.25) is 0 Å². The highest BCUT2D eigenvalue weighted by Crippen LogP contribution is 2.13. The molecule has 0 aromatic heterocycles. The minimum Gasteiger partial charge on any atom is -0.468 e. The molecule has 196 valence electrons. The molecule has 2 aromatic rings. The van der Waals surface area contributed by atoms with Crippen molar-refractivity contribution in [1.29, 1.82) is 0 Å². The maximum atomic E-state index is 11.9. The fraction of sp³-hybridized carbons (Fsp3) is 0.414. The van der Waals surface area contributed by atoms with Gasteiger partial charge in [0, 0.05) is 11.3 Å². The first-order valence-corrected chi connectivity index (χ1v) is 12.4. The first-order chi connectivity index (χ1) is 17.4. The van der Waals surface area contributed by atoms with Gasteiger partial charge in [0.1, 0.15) is 13.2 Å². The Balaban J connectivity index is 0.000000497. The third-order valence-electron chi connectivity index (χ3n) is 5.16. The van der Waals surface area contributed by atoms with Gasteiger partial charge in [-0.1, -0.05) is 69.9 Å². The summed E-state index contributed by atoms with van der Waals surface area (Å²) in [5, 5.41) is 0. The quantitative estimate of drug-likeness (QED) is 0.0846. The summed E-state index contributed by atoms with van der Waals surface area (Å²) >= 11 is 0. The van der Waals surface area contributed by atoms with Crippen LogP contribution >= 0.6 is 0 Å². The highest BCUT2D eigenvalue weighted by atomic mass is 16.6. The third kappa shape index (κ3) is 13.9. The molecule has 0 aliphatic carbocycles. The Kier molecular flexibility index (Phi) is 15.8. The summed E-state index contributed by atoms with van der Waals surface area (Å²) in [5.41, 5.74) is 9.39. The predicted octanol–water partition coefficient (Wildman–Crippen LogP) is 5.66. The molecule has 2 N–H and O–H groups in total.